The van der Waals surface area contributed by atoms with Crippen molar-refractivity contribution in [2.75, 3.05) is 24.5 Å². The number of thiazole rings is 1. The van der Waals surface area contributed by atoms with Crippen LogP contribution in [0.3, 0.4) is 0 Å². The van der Waals surface area contributed by atoms with E-state index in [4.69, 9.17) is 4.98 Å². The molecule has 32 heavy (non-hydrogen) atoms. The van der Waals surface area contributed by atoms with Gasteiger partial charge in [-0.1, -0.05) is 13.0 Å². The highest BCUT2D eigenvalue weighted by Crippen LogP contribution is 2.29. The molecule has 6 nitrogen and oxygen atoms in total. The van der Waals surface area contributed by atoms with Gasteiger partial charge in [-0.05, 0) is 61.1 Å². The molecule has 0 bridgehead atoms. The first-order valence-corrected chi connectivity index (χ1v) is 11.8. The lowest BCUT2D eigenvalue weighted by Crippen LogP contribution is -2.40. The fourth-order valence-electron chi connectivity index (χ4n) is 4.30. The maximum absolute atomic E-state index is 13.2. The van der Waals surface area contributed by atoms with E-state index in [9.17, 15) is 14.3 Å². The zero-order chi connectivity index (χ0) is 22.5. The molecule has 1 aliphatic rings. The second kappa shape index (κ2) is 10.1. The van der Waals surface area contributed by atoms with Gasteiger partial charge in [-0.2, -0.15) is 0 Å². The molecule has 1 unspecified atom stereocenters. The van der Waals surface area contributed by atoms with E-state index in [0.717, 1.165) is 48.7 Å². The van der Waals surface area contributed by atoms with E-state index >= 15 is 0 Å². The minimum atomic E-state index is -0.899. The summed E-state index contributed by atoms with van der Waals surface area (Å²) in [5, 5.41) is 11.5. The minimum absolute atomic E-state index is 0.255. The molecule has 3 heterocycles. The third-order valence-corrected chi connectivity index (χ3v) is 6.79. The lowest BCUT2D eigenvalue weighted by atomic mass is 9.85. The van der Waals surface area contributed by atoms with Gasteiger partial charge in [0.1, 0.15) is 11.6 Å². The molecule has 3 aromatic rings. The summed E-state index contributed by atoms with van der Waals surface area (Å²) in [4.78, 5) is 24.5. The van der Waals surface area contributed by atoms with Gasteiger partial charge in [0.25, 0.3) is 0 Å². The van der Waals surface area contributed by atoms with Gasteiger partial charge in [0.15, 0.2) is 0 Å². The van der Waals surface area contributed by atoms with E-state index in [-0.39, 0.29) is 11.7 Å². The Hall–Kier alpha value is -3.00. The highest BCUT2D eigenvalue weighted by molar-refractivity contribution is 7.07. The van der Waals surface area contributed by atoms with Crippen LogP contribution in [0.4, 0.5) is 15.0 Å². The Labute approximate surface area is 191 Å². The first-order valence-electron chi connectivity index (χ1n) is 10.8. The third kappa shape index (κ3) is 5.43. The molecule has 0 aliphatic carbocycles. The number of aromatic nitrogens is 2. The van der Waals surface area contributed by atoms with Crippen LogP contribution in [-0.2, 0) is 6.54 Å². The molecule has 0 spiro atoms. The highest BCUT2D eigenvalue weighted by atomic mass is 32.1. The monoisotopic (exact) mass is 454 g/mol. The second-order valence-corrected chi connectivity index (χ2v) is 9.05. The molecular weight excluding hydrogens is 427 g/mol. The fourth-order valence-corrected chi connectivity index (χ4v) is 4.85. The number of anilines is 1. The maximum Gasteiger partial charge on any atom is 0.407 e. The lowest BCUT2D eigenvalue weighted by Gasteiger charge is -2.37. The summed E-state index contributed by atoms with van der Waals surface area (Å²) in [5.74, 6) is 1.40. The van der Waals surface area contributed by atoms with Crippen LogP contribution in [-0.4, -0.2) is 45.7 Å². The second-order valence-electron chi connectivity index (χ2n) is 8.33. The topological polar surface area (TPSA) is 69.6 Å². The molecule has 1 atom stereocenters. The van der Waals surface area contributed by atoms with Crippen LogP contribution in [0, 0.1) is 17.7 Å². The van der Waals surface area contributed by atoms with Crippen molar-refractivity contribution in [1.29, 1.82) is 0 Å². The number of piperidine rings is 1. The number of halogens is 1. The molecule has 1 fully saturated rings. The molecule has 1 N–H and O–H groups in total. The largest absolute Gasteiger partial charge is 0.465 e. The van der Waals surface area contributed by atoms with Gasteiger partial charge in [0.2, 0.25) is 0 Å². The summed E-state index contributed by atoms with van der Waals surface area (Å²) in [6.07, 6.45) is 1.09. The smallest absolute Gasteiger partial charge is 0.407 e. The first kappa shape index (κ1) is 22.2. The Bertz CT molecular complexity index is 1020. The van der Waals surface area contributed by atoms with E-state index in [1.165, 1.54) is 28.4 Å². The molecule has 0 saturated carbocycles. The van der Waals surface area contributed by atoms with Crippen molar-refractivity contribution in [2.24, 2.45) is 11.8 Å². The van der Waals surface area contributed by atoms with Crippen molar-refractivity contribution >= 4 is 23.2 Å². The van der Waals surface area contributed by atoms with Crippen LogP contribution in [0.25, 0.3) is 11.3 Å². The number of carbonyl (C=O) groups is 1. The van der Waals surface area contributed by atoms with E-state index in [1.807, 2.05) is 23.6 Å². The van der Waals surface area contributed by atoms with Crippen LogP contribution in [0.5, 0.6) is 0 Å². The average molecular weight is 455 g/mol. The standard InChI is InChI=1S/C24H27FN4O2S/c1-17(13-29(24(30)31)14-21-15-32-16-26-21)18-9-11-28(12-10-18)23-4-2-3-22(27-23)19-5-7-20(25)8-6-19/h2-8,15-18H,9-14H2,1H3,(H,30,31). The molecule has 4 rings (SSSR count). The number of hydrogen-bond acceptors (Lipinski definition) is 5. The summed E-state index contributed by atoms with van der Waals surface area (Å²) in [5.41, 5.74) is 4.25. The van der Waals surface area contributed by atoms with Crippen LogP contribution < -0.4 is 4.90 Å². The number of pyridine rings is 1. The van der Waals surface area contributed by atoms with Crippen molar-refractivity contribution in [2.45, 2.75) is 26.3 Å². The molecule has 2 aromatic heterocycles. The van der Waals surface area contributed by atoms with Gasteiger partial charge in [-0.25, -0.2) is 19.2 Å². The Morgan fingerprint density at radius 2 is 2.00 bits per heavy atom. The first-order chi connectivity index (χ1) is 15.5. The molecule has 1 aliphatic heterocycles. The van der Waals surface area contributed by atoms with Gasteiger partial charge in [-0.15, -0.1) is 11.3 Å². The normalized spacial score (nSPS) is 15.5. The van der Waals surface area contributed by atoms with Crippen molar-refractivity contribution < 1.29 is 14.3 Å². The number of benzene rings is 1. The van der Waals surface area contributed by atoms with E-state index < -0.39 is 6.09 Å². The quantitative estimate of drug-likeness (QED) is 0.519. The van der Waals surface area contributed by atoms with E-state index in [2.05, 4.69) is 16.8 Å². The molecule has 1 saturated heterocycles. The Morgan fingerprint density at radius 1 is 1.25 bits per heavy atom. The summed E-state index contributed by atoms with van der Waals surface area (Å²) in [6, 6.07) is 12.3. The van der Waals surface area contributed by atoms with Crippen molar-refractivity contribution in [3.05, 3.63) is 64.9 Å². The molecular formula is C24H27FN4O2S. The fraction of sp³-hybridized carbons (Fsp3) is 0.375. The Morgan fingerprint density at radius 3 is 2.66 bits per heavy atom. The number of rotatable bonds is 7. The number of carboxylic acid groups (broad SMARTS) is 1. The van der Waals surface area contributed by atoms with Gasteiger partial charge >= 0.3 is 6.09 Å². The highest BCUT2D eigenvalue weighted by Gasteiger charge is 2.27. The van der Waals surface area contributed by atoms with Crippen LogP contribution in [0.2, 0.25) is 0 Å². The van der Waals surface area contributed by atoms with Crippen LogP contribution in [0.15, 0.2) is 53.4 Å². The molecule has 8 heteroatoms. The van der Waals surface area contributed by atoms with Crippen molar-refractivity contribution in [1.82, 2.24) is 14.9 Å². The molecule has 0 radical (unpaired) electrons. The number of hydrogen-bond donors (Lipinski definition) is 1. The average Bonchev–Trinajstić information content (AvgIpc) is 3.32. The van der Waals surface area contributed by atoms with Gasteiger partial charge in [0, 0.05) is 30.6 Å². The van der Waals surface area contributed by atoms with Gasteiger partial charge < -0.3 is 14.9 Å². The number of amides is 1. The summed E-state index contributed by atoms with van der Waals surface area (Å²) >= 11 is 1.48. The zero-order valence-corrected chi connectivity index (χ0v) is 18.8. The van der Waals surface area contributed by atoms with Crippen molar-refractivity contribution in [3.8, 4) is 11.3 Å². The zero-order valence-electron chi connectivity index (χ0n) is 18.0. The SMILES string of the molecule is CC(CN(Cc1cscn1)C(=O)O)C1CCN(c2cccc(-c3ccc(F)cc3)n2)CC1. The van der Waals surface area contributed by atoms with E-state index in [1.54, 1.807) is 17.6 Å². The summed E-state index contributed by atoms with van der Waals surface area (Å²) in [7, 11) is 0. The summed E-state index contributed by atoms with van der Waals surface area (Å²) in [6.45, 7) is 4.75. The molecule has 1 amide bonds. The van der Waals surface area contributed by atoms with Crippen LogP contribution in [0.1, 0.15) is 25.5 Å². The molecule has 168 valence electrons. The summed E-state index contributed by atoms with van der Waals surface area (Å²) < 4.78 is 13.2. The predicted octanol–water partition coefficient (Wildman–Crippen LogP) is 5.38. The third-order valence-electron chi connectivity index (χ3n) is 6.16. The van der Waals surface area contributed by atoms with Gasteiger partial charge in [0.05, 0.1) is 23.4 Å². The predicted molar refractivity (Wildman–Crippen MR) is 124 cm³/mol. The Kier molecular flexibility index (Phi) is 6.99. The Balaban J connectivity index is 1.35. The molecule has 1 aromatic carbocycles. The van der Waals surface area contributed by atoms with Gasteiger partial charge in [-0.3, -0.25) is 0 Å². The minimum Gasteiger partial charge on any atom is -0.465 e. The van der Waals surface area contributed by atoms with Crippen LogP contribution >= 0.6 is 11.3 Å². The van der Waals surface area contributed by atoms with Crippen molar-refractivity contribution in [3.63, 3.8) is 0 Å². The number of nitrogens with zero attached hydrogens (tertiary/aromatic N) is 4. The maximum atomic E-state index is 13.2. The van der Waals surface area contributed by atoms with E-state index in [0.29, 0.717) is 19.0 Å². The lowest BCUT2D eigenvalue weighted by molar-refractivity contribution is 0.123.